The summed E-state index contributed by atoms with van der Waals surface area (Å²) < 4.78 is 27.1. The summed E-state index contributed by atoms with van der Waals surface area (Å²) in [6, 6.07) is 0. The summed E-state index contributed by atoms with van der Waals surface area (Å²) >= 11 is 1.06. The number of nitrogens with zero attached hydrogens (tertiary/aromatic N) is 1. The average molecular weight is 356 g/mol. The molecular formula is C15H20N2O4S2. The standard InChI is InChI=1S/C15H20N2O4S2/c1-8-15(22-9(2)16-8)23(20,21)17-14(19)12-6-10-4-3-5-11(7-12)13(10)18/h10-12H,3-7H2,1-2H3,(H,17,19)/t10-,11+,12?. The highest BCUT2D eigenvalue weighted by molar-refractivity contribution is 7.92. The van der Waals surface area contributed by atoms with Crippen molar-refractivity contribution in [3.8, 4) is 0 Å². The predicted octanol–water partition coefficient (Wildman–Crippen LogP) is 1.96. The van der Waals surface area contributed by atoms with E-state index in [4.69, 9.17) is 0 Å². The Balaban J connectivity index is 1.74. The fourth-order valence-electron chi connectivity index (χ4n) is 3.72. The highest BCUT2D eigenvalue weighted by Crippen LogP contribution is 2.40. The Morgan fingerprint density at radius 1 is 1.22 bits per heavy atom. The van der Waals surface area contributed by atoms with E-state index in [1.165, 1.54) is 0 Å². The number of hydrogen-bond acceptors (Lipinski definition) is 6. The van der Waals surface area contributed by atoms with Gasteiger partial charge in [0.25, 0.3) is 10.0 Å². The molecule has 3 rings (SSSR count). The van der Waals surface area contributed by atoms with E-state index >= 15 is 0 Å². The molecule has 2 aliphatic rings. The number of Topliss-reactive ketones (excluding diaryl/α,β-unsaturated/α-hetero) is 1. The predicted molar refractivity (Wildman–Crippen MR) is 85.5 cm³/mol. The lowest BCUT2D eigenvalue weighted by Gasteiger charge is -2.36. The minimum atomic E-state index is -3.88. The van der Waals surface area contributed by atoms with Crippen molar-refractivity contribution in [2.45, 2.75) is 50.2 Å². The number of amides is 1. The van der Waals surface area contributed by atoms with Crippen molar-refractivity contribution < 1.29 is 18.0 Å². The lowest BCUT2D eigenvalue weighted by molar-refractivity contribution is -0.137. The molecule has 1 unspecified atom stereocenters. The number of rotatable bonds is 3. The zero-order valence-corrected chi connectivity index (χ0v) is 14.8. The molecule has 0 aromatic carbocycles. The van der Waals surface area contributed by atoms with Gasteiger partial charge in [-0.05, 0) is 39.5 Å². The van der Waals surface area contributed by atoms with Crippen molar-refractivity contribution in [1.29, 1.82) is 0 Å². The van der Waals surface area contributed by atoms with E-state index in [0.717, 1.165) is 30.6 Å². The van der Waals surface area contributed by atoms with Gasteiger partial charge >= 0.3 is 0 Å². The number of nitrogens with one attached hydrogen (secondary N) is 1. The van der Waals surface area contributed by atoms with Crippen molar-refractivity contribution in [2.24, 2.45) is 17.8 Å². The third kappa shape index (κ3) is 3.19. The van der Waals surface area contributed by atoms with Gasteiger partial charge in [0.05, 0.1) is 10.7 Å². The molecule has 8 heteroatoms. The fourth-order valence-corrected chi connectivity index (χ4v) is 6.25. The van der Waals surface area contributed by atoms with Crippen molar-refractivity contribution in [3.05, 3.63) is 10.7 Å². The van der Waals surface area contributed by atoms with Crippen molar-refractivity contribution in [1.82, 2.24) is 9.71 Å². The molecule has 1 aromatic heterocycles. The summed E-state index contributed by atoms with van der Waals surface area (Å²) in [5.74, 6) is -0.772. The number of thiazole rings is 1. The lowest BCUT2D eigenvalue weighted by Crippen LogP contribution is -2.44. The average Bonchev–Trinajstić information content (AvgIpc) is 2.77. The Hall–Kier alpha value is -1.28. The molecule has 23 heavy (non-hydrogen) atoms. The molecule has 2 fully saturated rings. The van der Waals surface area contributed by atoms with Gasteiger partial charge in [0, 0.05) is 17.8 Å². The smallest absolute Gasteiger partial charge is 0.275 e. The van der Waals surface area contributed by atoms with Crippen LogP contribution in [0.3, 0.4) is 0 Å². The van der Waals surface area contributed by atoms with Gasteiger partial charge in [0.15, 0.2) is 4.21 Å². The van der Waals surface area contributed by atoms with E-state index in [1.54, 1.807) is 13.8 Å². The molecule has 2 bridgehead atoms. The number of fused-ring (bicyclic) bond motifs is 2. The van der Waals surface area contributed by atoms with Crippen molar-refractivity contribution in [3.63, 3.8) is 0 Å². The fraction of sp³-hybridized carbons (Fsp3) is 0.667. The van der Waals surface area contributed by atoms with E-state index in [-0.39, 0.29) is 21.8 Å². The second-order valence-corrected chi connectivity index (χ2v) is 9.55. The molecule has 2 saturated carbocycles. The lowest BCUT2D eigenvalue weighted by atomic mass is 9.67. The van der Waals surface area contributed by atoms with Crippen LogP contribution in [-0.4, -0.2) is 25.1 Å². The van der Waals surface area contributed by atoms with Gasteiger partial charge < -0.3 is 0 Å². The molecule has 1 N–H and O–H groups in total. The molecule has 1 amide bonds. The van der Waals surface area contributed by atoms with Crippen LogP contribution in [0.25, 0.3) is 0 Å². The second kappa shape index (κ2) is 5.98. The summed E-state index contributed by atoms with van der Waals surface area (Å²) in [6.45, 7) is 3.35. The zero-order valence-electron chi connectivity index (χ0n) is 13.2. The van der Waals surface area contributed by atoms with Crippen LogP contribution in [0.15, 0.2) is 4.21 Å². The number of sulfonamides is 1. The number of carbonyl (C=O) groups is 2. The van der Waals surface area contributed by atoms with E-state index in [1.807, 2.05) is 0 Å². The third-order valence-corrected chi connectivity index (χ3v) is 7.79. The Morgan fingerprint density at radius 3 is 2.35 bits per heavy atom. The quantitative estimate of drug-likeness (QED) is 0.893. The Bertz CT molecular complexity index is 738. The topological polar surface area (TPSA) is 93.2 Å². The minimum Gasteiger partial charge on any atom is -0.299 e. The second-order valence-electron chi connectivity index (χ2n) is 6.47. The number of aromatic nitrogens is 1. The van der Waals surface area contributed by atoms with Crippen LogP contribution in [-0.2, 0) is 19.6 Å². The van der Waals surface area contributed by atoms with Crippen LogP contribution < -0.4 is 4.72 Å². The van der Waals surface area contributed by atoms with Crippen LogP contribution in [0.5, 0.6) is 0 Å². The van der Waals surface area contributed by atoms with Gasteiger partial charge in [-0.2, -0.15) is 0 Å². The number of hydrogen-bond donors (Lipinski definition) is 1. The van der Waals surface area contributed by atoms with Crippen LogP contribution >= 0.6 is 11.3 Å². The van der Waals surface area contributed by atoms with Crippen molar-refractivity contribution >= 4 is 33.1 Å². The summed E-state index contributed by atoms with van der Waals surface area (Å²) in [4.78, 5) is 28.6. The highest BCUT2D eigenvalue weighted by atomic mass is 32.2. The maximum atomic E-state index is 12.4. The van der Waals surface area contributed by atoms with Crippen LogP contribution in [0, 0.1) is 31.6 Å². The molecule has 1 aromatic rings. The largest absolute Gasteiger partial charge is 0.299 e. The summed E-state index contributed by atoms with van der Waals surface area (Å²) in [7, 11) is -3.88. The molecule has 6 nitrogen and oxygen atoms in total. The van der Waals surface area contributed by atoms with Gasteiger partial charge in [-0.1, -0.05) is 6.42 Å². The normalized spacial score (nSPS) is 27.7. The minimum absolute atomic E-state index is 0.0756. The molecule has 0 saturated heterocycles. The van der Waals surface area contributed by atoms with Gasteiger partial charge in [-0.3, -0.25) is 9.59 Å². The Labute approximate surface area is 139 Å². The molecule has 1 heterocycles. The molecule has 0 radical (unpaired) electrons. The van der Waals surface area contributed by atoms with Crippen LogP contribution in [0.4, 0.5) is 0 Å². The van der Waals surface area contributed by atoms with E-state index < -0.39 is 21.8 Å². The first-order valence-corrected chi connectivity index (χ1v) is 10.1. The van der Waals surface area contributed by atoms with Crippen LogP contribution in [0.1, 0.15) is 42.8 Å². The number of carbonyl (C=O) groups excluding carboxylic acids is 2. The summed E-state index contributed by atoms with van der Waals surface area (Å²) in [6.07, 6.45) is 3.60. The first kappa shape index (κ1) is 16.6. The Kier molecular flexibility index (Phi) is 4.31. The van der Waals surface area contributed by atoms with E-state index in [0.29, 0.717) is 23.5 Å². The van der Waals surface area contributed by atoms with E-state index in [9.17, 15) is 18.0 Å². The molecule has 3 atom stereocenters. The third-order valence-electron chi connectivity index (χ3n) is 4.76. The van der Waals surface area contributed by atoms with Crippen LogP contribution in [0.2, 0.25) is 0 Å². The first-order valence-electron chi connectivity index (χ1n) is 7.82. The molecule has 2 aliphatic carbocycles. The monoisotopic (exact) mass is 356 g/mol. The van der Waals surface area contributed by atoms with E-state index in [2.05, 4.69) is 9.71 Å². The van der Waals surface area contributed by atoms with Gasteiger partial charge in [-0.25, -0.2) is 18.1 Å². The van der Waals surface area contributed by atoms with Crippen molar-refractivity contribution in [2.75, 3.05) is 0 Å². The molecular weight excluding hydrogens is 336 g/mol. The molecule has 126 valence electrons. The Morgan fingerprint density at radius 2 is 1.83 bits per heavy atom. The molecule has 0 aliphatic heterocycles. The number of ketones is 1. The number of aryl methyl sites for hydroxylation is 2. The first-order chi connectivity index (χ1) is 10.8. The van der Waals surface area contributed by atoms with Gasteiger partial charge in [-0.15, -0.1) is 11.3 Å². The maximum Gasteiger partial charge on any atom is 0.275 e. The zero-order chi connectivity index (χ0) is 16.8. The van der Waals surface area contributed by atoms with Gasteiger partial charge in [0.2, 0.25) is 5.91 Å². The molecule has 0 spiro atoms. The van der Waals surface area contributed by atoms with Gasteiger partial charge in [0.1, 0.15) is 5.78 Å². The summed E-state index contributed by atoms with van der Waals surface area (Å²) in [5.41, 5.74) is 0.406. The maximum absolute atomic E-state index is 12.4. The SMILES string of the molecule is Cc1nc(C)c(S(=O)(=O)NC(=O)C2C[C@H]3CCC[C@@H](C2)C3=O)s1. The highest BCUT2D eigenvalue weighted by Gasteiger charge is 2.42. The summed E-state index contributed by atoms with van der Waals surface area (Å²) in [5, 5.41) is 0.646.